The molecule has 0 saturated heterocycles. The van der Waals surface area contributed by atoms with E-state index in [4.69, 9.17) is 10.2 Å². The Hall–Kier alpha value is 0.286. The van der Waals surface area contributed by atoms with Crippen molar-refractivity contribution in [3.63, 3.8) is 0 Å². The van der Waals surface area contributed by atoms with Crippen molar-refractivity contribution in [1.29, 1.82) is 0 Å². The van der Waals surface area contributed by atoms with Gasteiger partial charge < -0.3 is 35.0 Å². The fourth-order valence-electron chi connectivity index (χ4n) is 0.552. The maximum Gasteiger partial charge on any atom is 2.00 e. The normalized spacial score (nSPS) is 7.08. The molecule has 0 aliphatic carbocycles. The first-order valence-electron chi connectivity index (χ1n) is 3.06. The molecule has 0 aromatic carbocycles. The van der Waals surface area contributed by atoms with Crippen LogP contribution in [0.15, 0.2) is 0 Å². The minimum atomic E-state index is -0.870. The van der Waals surface area contributed by atoms with E-state index in [1.54, 1.807) is 0 Å². The van der Waals surface area contributed by atoms with Crippen LogP contribution in [-0.4, -0.2) is 45.2 Å². The van der Waals surface area contributed by atoms with Gasteiger partial charge in [0, 0.05) is 12.8 Å². The topological polar surface area (TPSA) is 74.6 Å². The van der Waals surface area contributed by atoms with Gasteiger partial charge in [0.25, 0.3) is 0 Å². The van der Waals surface area contributed by atoms with Gasteiger partial charge in [0.05, 0.1) is 0 Å². The predicted molar refractivity (Wildman–Crippen MR) is 39.5 cm³/mol. The van der Waals surface area contributed by atoms with Crippen molar-refractivity contribution >= 4 is 35.0 Å². The molecule has 0 aromatic rings. The molecule has 0 amide bonds. The average molecular weight is 241 g/mol. The Kier molecular flexibility index (Phi) is 26.5. The zero-order valence-electron chi connectivity index (χ0n) is 7.00. The van der Waals surface area contributed by atoms with Crippen molar-refractivity contribution in [1.82, 2.24) is 0 Å². The zero-order valence-corrected chi connectivity index (χ0v) is 9.93. The molecule has 74 valence electrons. The summed E-state index contributed by atoms with van der Waals surface area (Å²) in [6, 6.07) is 0. The first-order valence-corrected chi connectivity index (χ1v) is 3.06. The third kappa shape index (κ3) is 24.5. The summed E-state index contributed by atoms with van der Waals surface area (Å²) in [6.45, 7) is 0. The number of hydrogen-bond acceptors (Lipinski definition) is 2. The summed E-state index contributed by atoms with van der Waals surface area (Å²) >= 11 is 0. The summed E-state index contributed by atoms with van der Waals surface area (Å²) in [5.74, 6) is -1.74. The molecule has 0 heterocycles. The molecule has 7 heteroatoms. The van der Waals surface area contributed by atoms with Gasteiger partial charge in [-0.3, -0.25) is 9.59 Å². The van der Waals surface area contributed by atoms with Gasteiger partial charge in [-0.2, -0.15) is 0 Å². The van der Waals surface area contributed by atoms with Crippen molar-refractivity contribution < 1.29 is 44.6 Å². The molecule has 2 N–H and O–H groups in total. The Balaban J connectivity index is -0.000000135. The molecule has 0 rings (SSSR count). The second-order valence-corrected chi connectivity index (χ2v) is 1.99. The number of aliphatic carboxylic acids is 2. The van der Waals surface area contributed by atoms with Gasteiger partial charge in [-0.1, -0.05) is 0 Å². The van der Waals surface area contributed by atoms with Gasteiger partial charge in [0.15, 0.2) is 0 Å². The van der Waals surface area contributed by atoms with E-state index in [9.17, 15) is 9.59 Å². The Labute approximate surface area is 105 Å². The van der Waals surface area contributed by atoms with Gasteiger partial charge in [-0.25, -0.2) is 0 Å². The fraction of sp³-hybridized carbons (Fsp3) is 0.667. The van der Waals surface area contributed by atoms with Crippen LogP contribution < -0.4 is 24.8 Å². The Morgan fingerprint density at radius 1 is 0.846 bits per heavy atom. The molecular weight excluding hydrogens is 231 g/mol. The van der Waals surface area contributed by atoms with Crippen LogP contribution in [0.2, 0.25) is 0 Å². The predicted octanol–water partition coefficient (Wildman–Crippen LogP) is -5.66. The van der Waals surface area contributed by atoms with Gasteiger partial charge in [-0.15, -0.1) is 0 Å². The van der Waals surface area contributed by atoms with E-state index in [1.165, 1.54) is 0 Å². The molecule has 0 bridgehead atoms. The summed E-state index contributed by atoms with van der Waals surface area (Å²) < 4.78 is 0. The largest absolute Gasteiger partial charge is 2.00 e. The third-order valence-electron chi connectivity index (χ3n) is 1.03. The van der Waals surface area contributed by atoms with Crippen LogP contribution >= 0.6 is 0 Å². The number of carboxylic acid groups (broad SMARTS) is 2. The Bertz CT molecular complexity index is 127. The molecule has 0 atom stereocenters. The van der Waals surface area contributed by atoms with Crippen LogP contribution in [0.3, 0.4) is 0 Å². The van der Waals surface area contributed by atoms with E-state index in [1.807, 2.05) is 0 Å². The third-order valence-corrected chi connectivity index (χ3v) is 1.03. The van der Waals surface area contributed by atoms with Crippen molar-refractivity contribution in [2.45, 2.75) is 25.7 Å². The molecule has 13 heavy (non-hydrogen) atoms. The zero-order chi connectivity index (χ0) is 7.98. The van der Waals surface area contributed by atoms with Crippen molar-refractivity contribution in [2.24, 2.45) is 0 Å². The molecular formula is C6H10Cl2MgO4. The first kappa shape index (κ1) is 23.3. The number of hydrogen-bond donors (Lipinski definition) is 2. The molecule has 0 unspecified atom stereocenters. The van der Waals surface area contributed by atoms with Gasteiger partial charge >= 0.3 is 35.0 Å². The summed E-state index contributed by atoms with van der Waals surface area (Å²) in [5, 5.41) is 16.3. The number of unbranched alkanes of at least 4 members (excludes halogenated alkanes) is 1. The molecule has 0 aromatic heterocycles. The standard InChI is InChI=1S/C6H10O4.2ClH.Mg/c7-5(8)3-1-2-4-6(9)10;;;/h1-4H2,(H,7,8)(H,9,10);2*1H;/q;;;+2/p-2. The monoisotopic (exact) mass is 240 g/mol. The minimum absolute atomic E-state index is 0. The first-order chi connectivity index (χ1) is 4.63. The summed E-state index contributed by atoms with van der Waals surface area (Å²) in [6.07, 6.45) is 1.02. The summed E-state index contributed by atoms with van der Waals surface area (Å²) in [5.41, 5.74) is 0. The molecule has 0 saturated carbocycles. The number of carboxylic acids is 2. The molecule has 0 aliphatic heterocycles. The molecule has 0 fully saturated rings. The fourth-order valence-corrected chi connectivity index (χ4v) is 0.552. The maximum atomic E-state index is 9.90. The summed E-state index contributed by atoms with van der Waals surface area (Å²) in [7, 11) is 0. The van der Waals surface area contributed by atoms with E-state index in [2.05, 4.69) is 0 Å². The number of rotatable bonds is 5. The van der Waals surface area contributed by atoms with Crippen LogP contribution in [0.1, 0.15) is 25.7 Å². The molecule has 0 radical (unpaired) electrons. The van der Waals surface area contributed by atoms with E-state index in [0.717, 1.165) is 0 Å². The maximum absolute atomic E-state index is 9.90. The second kappa shape index (κ2) is 14.8. The Morgan fingerprint density at radius 2 is 1.08 bits per heavy atom. The molecule has 0 spiro atoms. The molecule has 4 nitrogen and oxygen atoms in total. The van der Waals surface area contributed by atoms with E-state index < -0.39 is 11.9 Å². The van der Waals surface area contributed by atoms with Crippen molar-refractivity contribution in [2.75, 3.05) is 0 Å². The van der Waals surface area contributed by atoms with Crippen LogP contribution in [0.5, 0.6) is 0 Å². The SMILES string of the molecule is O=C(O)CCCCC(=O)O.[Cl-].[Cl-].[Mg+2]. The van der Waals surface area contributed by atoms with Gasteiger partial charge in [0.1, 0.15) is 0 Å². The van der Waals surface area contributed by atoms with E-state index in [-0.39, 0.29) is 60.7 Å². The number of carbonyl (C=O) groups is 2. The van der Waals surface area contributed by atoms with E-state index in [0.29, 0.717) is 12.8 Å². The quantitative estimate of drug-likeness (QED) is 0.372. The number of halogens is 2. The van der Waals surface area contributed by atoms with Gasteiger partial charge in [0.2, 0.25) is 0 Å². The van der Waals surface area contributed by atoms with Crippen LogP contribution in [0.4, 0.5) is 0 Å². The van der Waals surface area contributed by atoms with Crippen LogP contribution in [-0.2, 0) is 9.59 Å². The van der Waals surface area contributed by atoms with Crippen molar-refractivity contribution in [3.05, 3.63) is 0 Å². The van der Waals surface area contributed by atoms with Crippen molar-refractivity contribution in [3.8, 4) is 0 Å². The second-order valence-electron chi connectivity index (χ2n) is 1.99. The molecule has 0 aliphatic rings. The van der Waals surface area contributed by atoms with Crippen LogP contribution in [0, 0.1) is 0 Å². The smallest absolute Gasteiger partial charge is 1.00 e. The summed E-state index contributed by atoms with van der Waals surface area (Å²) in [4.78, 5) is 19.8. The van der Waals surface area contributed by atoms with E-state index >= 15 is 0 Å². The van der Waals surface area contributed by atoms with Gasteiger partial charge in [-0.05, 0) is 12.8 Å². The van der Waals surface area contributed by atoms with Crippen LogP contribution in [0.25, 0.3) is 0 Å². The Morgan fingerprint density at radius 3 is 1.23 bits per heavy atom. The average Bonchev–Trinajstić information content (AvgIpc) is 1.79. The minimum Gasteiger partial charge on any atom is -1.00 e.